The van der Waals surface area contributed by atoms with Crippen LogP contribution in [0.2, 0.25) is 0 Å². The van der Waals surface area contributed by atoms with Crippen LogP contribution in [-0.2, 0) is 22.3 Å². The lowest BCUT2D eigenvalue weighted by atomic mass is 10.1. The van der Waals surface area contributed by atoms with Gasteiger partial charge in [-0.2, -0.15) is 5.26 Å². The number of furan rings is 1. The first-order valence-corrected chi connectivity index (χ1v) is 11.4. The van der Waals surface area contributed by atoms with E-state index in [1.54, 1.807) is 74.1 Å². The van der Waals surface area contributed by atoms with Gasteiger partial charge in [-0.15, -0.1) is 0 Å². The normalized spacial score (nSPS) is 11.5. The third-order valence-electron chi connectivity index (χ3n) is 4.56. The summed E-state index contributed by atoms with van der Waals surface area (Å²) in [6, 6.07) is 12.4. The van der Waals surface area contributed by atoms with Crippen molar-refractivity contribution in [1.29, 1.82) is 5.26 Å². The monoisotopic (exact) mass is 440 g/mol. The van der Waals surface area contributed by atoms with E-state index >= 15 is 0 Å². The third kappa shape index (κ3) is 5.23. The molecule has 0 aliphatic rings. The molecule has 0 fully saturated rings. The molecule has 9 heteroatoms. The fourth-order valence-corrected chi connectivity index (χ4v) is 4.79. The summed E-state index contributed by atoms with van der Waals surface area (Å²) in [4.78, 5) is 12.9. The second-order valence-corrected chi connectivity index (χ2v) is 9.15. The van der Waals surface area contributed by atoms with Gasteiger partial charge >= 0.3 is 0 Å². The standard InChI is InChI=1S/C22H24N4O4S/c1-15(2)25-31(28,29)14-18-9-5-4-8-17(18)13-24-21(27)20-16(3)30-22(19(20)12-23)26-10-6-7-11-26/h4-11,15,25H,13-14H2,1-3H3,(H,24,27). The molecule has 0 bridgehead atoms. The van der Waals surface area contributed by atoms with Crippen molar-refractivity contribution in [2.75, 3.05) is 0 Å². The number of hydrogen-bond donors (Lipinski definition) is 2. The molecule has 0 radical (unpaired) electrons. The minimum Gasteiger partial charge on any atom is -0.443 e. The molecule has 0 unspecified atom stereocenters. The molecule has 1 aromatic carbocycles. The summed E-state index contributed by atoms with van der Waals surface area (Å²) in [6.07, 6.45) is 3.45. The number of carbonyl (C=O) groups excluding carboxylic acids is 1. The SMILES string of the molecule is Cc1oc(-n2cccc2)c(C#N)c1C(=O)NCc1ccccc1CS(=O)(=O)NC(C)C. The van der Waals surface area contributed by atoms with Crippen molar-refractivity contribution >= 4 is 15.9 Å². The molecule has 0 atom stereocenters. The molecule has 2 aromatic heterocycles. The quantitative estimate of drug-likeness (QED) is 0.558. The Labute approximate surface area is 181 Å². The summed E-state index contributed by atoms with van der Waals surface area (Å²) in [5, 5.41) is 12.4. The maximum Gasteiger partial charge on any atom is 0.256 e. The average Bonchev–Trinajstić information content (AvgIpc) is 3.33. The summed E-state index contributed by atoms with van der Waals surface area (Å²) >= 11 is 0. The molecule has 162 valence electrons. The Morgan fingerprint density at radius 2 is 1.81 bits per heavy atom. The van der Waals surface area contributed by atoms with Gasteiger partial charge in [0.1, 0.15) is 23.0 Å². The van der Waals surface area contributed by atoms with Gasteiger partial charge < -0.3 is 9.73 Å². The van der Waals surface area contributed by atoms with Crippen LogP contribution in [0.3, 0.4) is 0 Å². The van der Waals surface area contributed by atoms with Gasteiger partial charge in [-0.25, -0.2) is 13.1 Å². The lowest BCUT2D eigenvalue weighted by Gasteiger charge is -2.13. The van der Waals surface area contributed by atoms with Crippen molar-refractivity contribution in [3.63, 3.8) is 0 Å². The summed E-state index contributed by atoms with van der Waals surface area (Å²) in [5.41, 5.74) is 1.57. The number of amides is 1. The minimum absolute atomic E-state index is 0.112. The van der Waals surface area contributed by atoms with Gasteiger partial charge in [-0.05, 0) is 44.0 Å². The topological polar surface area (TPSA) is 117 Å². The van der Waals surface area contributed by atoms with E-state index in [1.807, 2.05) is 6.07 Å². The van der Waals surface area contributed by atoms with Gasteiger partial charge in [0.15, 0.2) is 0 Å². The first-order chi connectivity index (χ1) is 14.7. The van der Waals surface area contributed by atoms with E-state index in [4.69, 9.17) is 4.42 Å². The largest absolute Gasteiger partial charge is 0.443 e. The second kappa shape index (κ2) is 9.20. The predicted octanol–water partition coefficient (Wildman–Crippen LogP) is 3.01. The van der Waals surface area contributed by atoms with E-state index in [9.17, 15) is 18.5 Å². The predicted molar refractivity (Wildman–Crippen MR) is 116 cm³/mol. The molecule has 0 saturated heterocycles. The first-order valence-electron chi connectivity index (χ1n) is 9.73. The lowest BCUT2D eigenvalue weighted by molar-refractivity contribution is 0.0949. The fourth-order valence-electron chi connectivity index (χ4n) is 3.30. The Morgan fingerprint density at radius 1 is 1.16 bits per heavy atom. The van der Waals surface area contributed by atoms with E-state index in [-0.39, 0.29) is 35.4 Å². The zero-order valence-corrected chi connectivity index (χ0v) is 18.4. The number of sulfonamides is 1. The highest BCUT2D eigenvalue weighted by Crippen LogP contribution is 2.25. The summed E-state index contributed by atoms with van der Waals surface area (Å²) in [5.74, 6) is -0.0475. The number of benzene rings is 1. The Balaban J connectivity index is 1.81. The van der Waals surface area contributed by atoms with E-state index < -0.39 is 15.9 Å². The number of rotatable bonds is 8. The van der Waals surface area contributed by atoms with E-state index in [0.29, 0.717) is 16.9 Å². The zero-order valence-electron chi connectivity index (χ0n) is 17.5. The third-order valence-corrected chi connectivity index (χ3v) is 6.08. The highest BCUT2D eigenvalue weighted by atomic mass is 32.2. The molecule has 31 heavy (non-hydrogen) atoms. The molecule has 8 nitrogen and oxygen atoms in total. The fraction of sp³-hybridized carbons (Fsp3) is 0.273. The molecule has 3 rings (SSSR count). The van der Waals surface area contributed by atoms with Gasteiger partial charge in [0.25, 0.3) is 5.91 Å². The van der Waals surface area contributed by atoms with Crippen LogP contribution in [0.25, 0.3) is 5.88 Å². The maximum absolute atomic E-state index is 12.9. The Morgan fingerprint density at radius 3 is 2.42 bits per heavy atom. The molecule has 1 amide bonds. The highest BCUT2D eigenvalue weighted by Gasteiger charge is 2.24. The van der Waals surface area contributed by atoms with Crippen LogP contribution in [-0.4, -0.2) is 24.9 Å². The van der Waals surface area contributed by atoms with Crippen LogP contribution >= 0.6 is 0 Å². The molecular weight excluding hydrogens is 416 g/mol. The Kier molecular flexibility index (Phi) is 6.63. The molecule has 0 spiro atoms. The number of carbonyl (C=O) groups is 1. The van der Waals surface area contributed by atoms with Crippen LogP contribution in [0.1, 0.15) is 46.7 Å². The van der Waals surface area contributed by atoms with E-state index in [1.165, 1.54) is 0 Å². The van der Waals surface area contributed by atoms with Crippen LogP contribution < -0.4 is 10.0 Å². The molecular formula is C22H24N4O4S. The van der Waals surface area contributed by atoms with E-state index in [2.05, 4.69) is 10.0 Å². The number of nitrogens with zero attached hydrogens (tertiary/aromatic N) is 2. The van der Waals surface area contributed by atoms with Gasteiger partial charge in [-0.1, -0.05) is 24.3 Å². The van der Waals surface area contributed by atoms with Crippen LogP contribution in [0.4, 0.5) is 0 Å². The lowest BCUT2D eigenvalue weighted by Crippen LogP contribution is -2.32. The summed E-state index contributed by atoms with van der Waals surface area (Å²) in [6.45, 7) is 5.25. The first kappa shape index (κ1) is 22.3. The van der Waals surface area contributed by atoms with Crippen molar-refractivity contribution in [1.82, 2.24) is 14.6 Å². The average molecular weight is 441 g/mol. The highest BCUT2D eigenvalue weighted by molar-refractivity contribution is 7.88. The van der Waals surface area contributed by atoms with Crippen molar-refractivity contribution in [2.45, 2.75) is 39.1 Å². The summed E-state index contributed by atoms with van der Waals surface area (Å²) in [7, 11) is -3.51. The van der Waals surface area contributed by atoms with E-state index in [0.717, 1.165) is 0 Å². The number of aromatic nitrogens is 1. The Hall–Kier alpha value is -3.35. The summed E-state index contributed by atoms with van der Waals surface area (Å²) < 4.78 is 34.5. The van der Waals surface area contributed by atoms with Crippen LogP contribution in [0.15, 0.2) is 53.2 Å². The molecule has 3 aromatic rings. The molecule has 0 aliphatic heterocycles. The zero-order chi connectivity index (χ0) is 22.6. The van der Waals surface area contributed by atoms with Gasteiger partial charge in [0.05, 0.1) is 5.75 Å². The minimum atomic E-state index is -3.51. The van der Waals surface area contributed by atoms with Crippen molar-refractivity contribution < 1.29 is 17.6 Å². The van der Waals surface area contributed by atoms with Crippen molar-refractivity contribution in [3.8, 4) is 12.0 Å². The van der Waals surface area contributed by atoms with Gasteiger partial charge in [-0.3, -0.25) is 9.36 Å². The molecule has 0 saturated carbocycles. The Bertz CT molecular complexity index is 1220. The van der Waals surface area contributed by atoms with Gasteiger partial charge in [0, 0.05) is 25.0 Å². The number of hydrogen-bond acceptors (Lipinski definition) is 5. The van der Waals surface area contributed by atoms with Crippen molar-refractivity contribution in [3.05, 3.63) is 76.8 Å². The number of nitrogens with one attached hydrogen (secondary N) is 2. The number of nitriles is 1. The molecule has 2 N–H and O–H groups in total. The maximum atomic E-state index is 12.9. The van der Waals surface area contributed by atoms with Gasteiger partial charge in [0.2, 0.25) is 15.9 Å². The second-order valence-electron chi connectivity index (χ2n) is 7.40. The molecule has 0 aliphatic carbocycles. The smallest absolute Gasteiger partial charge is 0.256 e. The molecule has 2 heterocycles. The number of aryl methyl sites for hydroxylation is 1. The van der Waals surface area contributed by atoms with Crippen LogP contribution in [0.5, 0.6) is 0 Å². The van der Waals surface area contributed by atoms with Crippen LogP contribution in [0, 0.1) is 18.3 Å². The van der Waals surface area contributed by atoms with Crippen molar-refractivity contribution in [2.24, 2.45) is 0 Å².